The minimum atomic E-state index is -5.08. The van der Waals surface area contributed by atoms with Crippen LogP contribution in [-0.4, -0.2) is 97.1 Å². The van der Waals surface area contributed by atoms with Crippen molar-refractivity contribution < 1.29 is 56.5 Å². The molecule has 1 aromatic heterocycles. The summed E-state index contributed by atoms with van der Waals surface area (Å²) in [5, 5.41) is 17.4. The molecule has 1 unspecified atom stereocenters. The van der Waals surface area contributed by atoms with E-state index in [1.165, 1.54) is 13.8 Å². The van der Waals surface area contributed by atoms with Gasteiger partial charge in [0.15, 0.2) is 6.10 Å². The highest BCUT2D eigenvalue weighted by Gasteiger charge is 2.38. The molecular weight excluding hydrogens is 658 g/mol. The van der Waals surface area contributed by atoms with Crippen molar-refractivity contribution >= 4 is 74.5 Å². The van der Waals surface area contributed by atoms with Gasteiger partial charge in [-0.15, -0.1) is 0 Å². The normalized spacial score (nSPS) is 11.6. The van der Waals surface area contributed by atoms with Crippen molar-refractivity contribution in [2.75, 3.05) is 49.9 Å². The molecule has 1 heterocycles. The van der Waals surface area contributed by atoms with Crippen LogP contribution >= 0.6 is 44.7 Å². The van der Waals surface area contributed by atoms with Crippen LogP contribution in [0.3, 0.4) is 0 Å². The molecule has 0 aliphatic heterocycles. The monoisotopic (exact) mass is 694 g/mol. The van der Waals surface area contributed by atoms with Gasteiger partial charge in [0.2, 0.25) is 5.91 Å². The molecule has 0 spiro atoms. The summed E-state index contributed by atoms with van der Waals surface area (Å²) in [7, 11) is 3.35. The van der Waals surface area contributed by atoms with Crippen molar-refractivity contribution in [1.29, 1.82) is 0 Å². The molecule has 18 heteroatoms. The van der Waals surface area contributed by atoms with E-state index < -0.39 is 36.2 Å². The Morgan fingerprint density at radius 3 is 2.19 bits per heavy atom. The second kappa shape index (κ2) is 24.2. The molecular formula is C25H37F3N2O9S4. The molecule has 0 saturated carbocycles. The number of aliphatic carboxylic acids is 1. The molecule has 1 amide bonds. The first kappa shape index (κ1) is 40.9. The lowest BCUT2D eigenvalue weighted by Crippen LogP contribution is -2.36. The molecule has 246 valence electrons. The van der Waals surface area contributed by atoms with E-state index in [-0.39, 0.29) is 38.0 Å². The van der Waals surface area contributed by atoms with Crippen LogP contribution in [0.5, 0.6) is 0 Å². The number of carboxylic acids is 1. The van der Waals surface area contributed by atoms with Crippen LogP contribution in [0.2, 0.25) is 0 Å². The number of hydrogen-bond donors (Lipinski definition) is 3. The third-order valence-electron chi connectivity index (χ3n) is 4.76. The fraction of sp³-hybridized carbons (Fsp3) is 0.640. The smallest absolute Gasteiger partial charge is 0.475 e. The van der Waals surface area contributed by atoms with Gasteiger partial charge >= 0.3 is 30.1 Å². The summed E-state index contributed by atoms with van der Waals surface area (Å²) in [5.74, 6) is -2.17. The van der Waals surface area contributed by atoms with E-state index in [4.69, 9.17) is 24.1 Å². The summed E-state index contributed by atoms with van der Waals surface area (Å²) >= 11 is 3.43. The van der Waals surface area contributed by atoms with Gasteiger partial charge in [0.25, 0.3) is 0 Å². The summed E-state index contributed by atoms with van der Waals surface area (Å²) in [6.07, 6.45) is -2.20. The van der Waals surface area contributed by atoms with Gasteiger partial charge in [0.05, 0.1) is 18.2 Å². The lowest BCUT2D eigenvalue weighted by atomic mass is 10.0. The maximum absolute atomic E-state index is 12.9. The predicted molar refractivity (Wildman–Crippen MR) is 162 cm³/mol. The summed E-state index contributed by atoms with van der Waals surface area (Å²) in [6.45, 7) is 3.11. The van der Waals surface area contributed by atoms with Crippen LogP contribution in [0.1, 0.15) is 32.3 Å². The Bertz CT molecular complexity index is 952. The lowest BCUT2D eigenvalue weighted by molar-refractivity contribution is -0.192. The van der Waals surface area contributed by atoms with Gasteiger partial charge in [-0.1, -0.05) is 21.6 Å². The molecule has 1 rings (SSSR count). The third-order valence-corrected chi connectivity index (χ3v) is 8.48. The summed E-state index contributed by atoms with van der Waals surface area (Å²) in [5.41, 5.74) is 1.11. The van der Waals surface area contributed by atoms with Crippen molar-refractivity contribution in [3.63, 3.8) is 0 Å². The Kier molecular flexibility index (Phi) is 23.0. The molecule has 0 saturated heterocycles. The molecule has 0 aromatic carbocycles. The van der Waals surface area contributed by atoms with Crippen molar-refractivity contribution in [1.82, 2.24) is 10.6 Å². The molecule has 1 atom stereocenters. The quantitative estimate of drug-likeness (QED) is 0.0597. The number of carbonyl (C=O) groups is 5. The maximum Gasteiger partial charge on any atom is 0.490 e. The van der Waals surface area contributed by atoms with Crippen LogP contribution in [0.4, 0.5) is 13.2 Å². The number of amides is 1. The number of ether oxygens (including phenoxy) is 3. The number of carboxylic acid groups (broad SMARTS) is 1. The van der Waals surface area contributed by atoms with Crippen molar-refractivity contribution in [3.05, 3.63) is 22.4 Å². The summed E-state index contributed by atoms with van der Waals surface area (Å²) in [6, 6.07) is 2.01. The zero-order valence-corrected chi connectivity index (χ0v) is 27.2. The zero-order chi connectivity index (χ0) is 32.7. The van der Waals surface area contributed by atoms with Crippen LogP contribution in [0.15, 0.2) is 16.8 Å². The first-order valence-corrected chi connectivity index (χ1v) is 17.6. The van der Waals surface area contributed by atoms with Crippen molar-refractivity contribution in [2.24, 2.45) is 5.92 Å². The second-order valence-electron chi connectivity index (χ2n) is 8.49. The van der Waals surface area contributed by atoms with Gasteiger partial charge in [-0.2, -0.15) is 36.3 Å². The first-order chi connectivity index (χ1) is 20.3. The number of carbonyl (C=O) groups excluding carboxylic acids is 4. The van der Waals surface area contributed by atoms with Crippen LogP contribution < -0.4 is 10.6 Å². The standard InChI is InChI=1S/C23H36N2O7S4.C2HF3O2/c1-17(26)30-12-21(13-31-18(2)27)32-22(28)5-8-25-23(29)20(11-19-6-10-34-14-19)15-35-36-16-24-7-4-9-33-3;3-2(4,5)1(6)7/h6,10,14,20-21,24H,4-5,7-9,11-13,15-16H2,1-3H3,(H,25,29);(H,6,7). The van der Waals surface area contributed by atoms with Crippen LogP contribution in [0, 0.1) is 5.92 Å². The molecule has 0 aliphatic carbocycles. The topological polar surface area (TPSA) is 157 Å². The number of hydrogen-bond acceptors (Lipinski definition) is 13. The molecule has 3 N–H and O–H groups in total. The molecule has 0 radical (unpaired) electrons. The van der Waals surface area contributed by atoms with E-state index in [0.717, 1.165) is 30.2 Å². The third kappa shape index (κ3) is 23.9. The number of halogens is 3. The zero-order valence-electron chi connectivity index (χ0n) is 23.9. The fourth-order valence-corrected chi connectivity index (χ4v) is 6.00. The number of alkyl halides is 3. The molecule has 43 heavy (non-hydrogen) atoms. The SMILES string of the molecule is CSCCCNCSSCC(Cc1ccsc1)C(=O)NCCC(=O)OC(COC(C)=O)COC(C)=O.O=C(O)C(F)(F)F. The Morgan fingerprint density at radius 2 is 1.67 bits per heavy atom. The van der Waals surface area contributed by atoms with E-state index in [9.17, 15) is 32.3 Å². The highest BCUT2D eigenvalue weighted by Crippen LogP contribution is 2.25. The van der Waals surface area contributed by atoms with Gasteiger partial charge < -0.3 is 30.0 Å². The minimum Gasteiger partial charge on any atom is -0.475 e. The molecule has 0 fully saturated rings. The van der Waals surface area contributed by atoms with Crippen LogP contribution in [0.25, 0.3) is 0 Å². The molecule has 1 aromatic rings. The van der Waals surface area contributed by atoms with E-state index in [0.29, 0.717) is 12.2 Å². The molecule has 11 nitrogen and oxygen atoms in total. The Balaban J connectivity index is 0.00000223. The van der Waals surface area contributed by atoms with Gasteiger partial charge in [-0.25, -0.2) is 4.79 Å². The van der Waals surface area contributed by atoms with Gasteiger partial charge in [0, 0.05) is 26.1 Å². The number of esters is 3. The number of nitrogens with one attached hydrogen (secondary N) is 2. The maximum atomic E-state index is 12.9. The highest BCUT2D eigenvalue weighted by molar-refractivity contribution is 8.76. The summed E-state index contributed by atoms with van der Waals surface area (Å²) in [4.78, 5) is 56.0. The van der Waals surface area contributed by atoms with Crippen molar-refractivity contribution in [3.8, 4) is 0 Å². The minimum absolute atomic E-state index is 0.0601. The predicted octanol–water partition coefficient (Wildman–Crippen LogP) is 3.77. The van der Waals surface area contributed by atoms with Gasteiger partial charge in [-0.3, -0.25) is 19.2 Å². The van der Waals surface area contributed by atoms with Crippen LogP contribution in [-0.2, 0) is 44.6 Å². The largest absolute Gasteiger partial charge is 0.490 e. The molecule has 0 aliphatic rings. The Morgan fingerprint density at radius 1 is 1.05 bits per heavy atom. The first-order valence-electron chi connectivity index (χ1n) is 12.7. The van der Waals surface area contributed by atoms with Crippen molar-refractivity contribution in [2.45, 2.75) is 45.4 Å². The fourth-order valence-electron chi connectivity index (χ4n) is 2.76. The van der Waals surface area contributed by atoms with E-state index >= 15 is 0 Å². The highest BCUT2D eigenvalue weighted by atomic mass is 33.1. The van der Waals surface area contributed by atoms with Gasteiger partial charge in [-0.05, 0) is 53.8 Å². The Hall–Kier alpha value is -2.15. The average Bonchev–Trinajstić information content (AvgIpc) is 3.44. The number of rotatable bonds is 20. The lowest BCUT2D eigenvalue weighted by Gasteiger charge is -2.18. The van der Waals surface area contributed by atoms with Gasteiger partial charge in [0.1, 0.15) is 13.2 Å². The van der Waals surface area contributed by atoms with E-state index in [1.54, 1.807) is 32.9 Å². The van der Waals surface area contributed by atoms with E-state index in [1.807, 2.05) is 28.6 Å². The number of thiophene rings is 1. The summed E-state index contributed by atoms with van der Waals surface area (Å²) < 4.78 is 46.7. The molecule has 0 bridgehead atoms. The second-order valence-corrected chi connectivity index (χ2v) is 12.8. The average molecular weight is 695 g/mol. The van der Waals surface area contributed by atoms with E-state index in [2.05, 4.69) is 16.9 Å². The number of thioether (sulfide) groups is 1. The Labute approximate surface area is 264 Å².